The molecule has 0 fully saturated rings. The molecule has 0 aliphatic carbocycles. The van der Waals surface area contributed by atoms with Crippen molar-refractivity contribution in [3.8, 4) is 0 Å². The third-order valence-electron chi connectivity index (χ3n) is 2.52. The lowest BCUT2D eigenvalue weighted by molar-refractivity contribution is 0.0881. The normalized spacial score (nSPS) is 29.3. The molecule has 0 spiro atoms. The first-order valence-corrected chi connectivity index (χ1v) is 4.08. The smallest absolute Gasteiger partial charge is 0.104 e. The first kappa shape index (κ1) is 6.26. The number of fused-ring (bicyclic) bond motifs is 5. The molecular formula is C10H9NO. The number of anilines is 1. The van der Waals surface area contributed by atoms with E-state index in [1.807, 2.05) is 12.1 Å². The second-order valence-electron chi connectivity index (χ2n) is 3.21. The summed E-state index contributed by atoms with van der Waals surface area (Å²) in [6.07, 6.45) is 4.44. The Balaban J connectivity index is 2.30. The van der Waals surface area contributed by atoms with Gasteiger partial charge in [0.25, 0.3) is 0 Å². The van der Waals surface area contributed by atoms with Gasteiger partial charge < -0.3 is 10.5 Å². The monoisotopic (exact) mass is 159 g/mol. The van der Waals surface area contributed by atoms with Crippen LogP contribution in [0.1, 0.15) is 23.3 Å². The molecule has 2 aliphatic heterocycles. The Hall–Kier alpha value is -1.28. The summed E-state index contributed by atoms with van der Waals surface area (Å²) in [5.41, 5.74) is 9.11. The summed E-state index contributed by atoms with van der Waals surface area (Å²) in [7, 11) is 0. The van der Waals surface area contributed by atoms with Gasteiger partial charge in [0.05, 0.1) is 0 Å². The molecule has 0 amide bonds. The Bertz CT molecular complexity index is 370. The van der Waals surface area contributed by atoms with Gasteiger partial charge in [0.1, 0.15) is 12.2 Å². The second-order valence-corrected chi connectivity index (χ2v) is 3.21. The van der Waals surface area contributed by atoms with E-state index in [1.54, 1.807) is 0 Å². The lowest BCUT2D eigenvalue weighted by Gasteiger charge is -2.08. The molecule has 12 heavy (non-hydrogen) atoms. The molecule has 2 heteroatoms. The molecule has 0 saturated heterocycles. The molecule has 2 heterocycles. The van der Waals surface area contributed by atoms with Crippen molar-refractivity contribution in [2.24, 2.45) is 0 Å². The van der Waals surface area contributed by atoms with Gasteiger partial charge in [-0.3, -0.25) is 0 Å². The first-order valence-electron chi connectivity index (χ1n) is 4.08. The Morgan fingerprint density at radius 3 is 2.83 bits per heavy atom. The standard InChI is InChI=1S/C10H9NO/c11-7-3-1-2-6-8-4-5-9(12-8)10(6)7/h1-5,8-9H,11H2/t8-,9+/m0/s1. The number of ether oxygens (including phenoxy) is 1. The average Bonchev–Trinajstić information content (AvgIpc) is 2.64. The predicted molar refractivity (Wildman–Crippen MR) is 46.6 cm³/mol. The summed E-state index contributed by atoms with van der Waals surface area (Å²) in [6, 6.07) is 5.99. The third-order valence-corrected chi connectivity index (χ3v) is 2.52. The maximum absolute atomic E-state index is 5.84. The average molecular weight is 159 g/mol. The van der Waals surface area contributed by atoms with Crippen LogP contribution in [0.3, 0.4) is 0 Å². The summed E-state index contributed by atoms with van der Waals surface area (Å²) in [5.74, 6) is 0. The fraction of sp³-hybridized carbons (Fsp3) is 0.200. The Morgan fingerprint density at radius 1 is 1.17 bits per heavy atom. The highest BCUT2D eigenvalue weighted by atomic mass is 16.5. The highest BCUT2D eigenvalue weighted by Crippen LogP contribution is 2.47. The van der Waals surface area contributed by atoms with Crippen molar-refractivity contribution in [2.75, 3.05) is 5.73 Å². The summed E-state index contributed by atoms with van der Waals surface area (Å²) in [6.45, 7) is 0. The molecule has 2 atom stereocenters. The van der Waals surface area contributed by atoms with E-state index < -0.39 is 0 Å². The van der Waals surface area contributed by atoms with Crippen molar-refractivity contribution < 1.29 is 4.74 Å². The van der Waals surface area contributed by atoms with Crippen molar-refractivity contribution in [1.29, 1.82) is 0 Å². The van der Waals surface area contributed by atoms with Crippen LogP contribution in [-0.4, -0.2) is 0 Å². The lowest BCUT2D eigenvalue weighted by atomic mass is 9.96. The molecule has 2 N–H and O–H groups in total. The van der Waals surface area contributed by atoms with Crippen molar-refractivity contribution in [3.63, 3.8) is 0 Å². The largest absolute Gasteiger partial charge is 0.398 e. The fourth-order valence-electron chi connectivity index (χ4n) is 1.97. The van der Waals surface area contributed by atoms with E-state index >= 15 is 0 Å². The number of nitrogens with two attached hydrogens (primary N) is 1. The summed E-state index contributed by atoms with van der Waals surface area (Å²) >= 11 is 0. The molecule has 0 unspecified atom stereocenters. The molecule has 3 rings (SSSR count). The Morgan fingerprint density at radius 2 is 2.00 bits per heavy atom. The molecule has 1 aromatic carbocycles. The molecule has 2 nitrogen and oxygen atoms in total. The third kappa shape index (κ3) is 0.588. The number of benzene rings is 1. The fourth-order valence-corrected chi connectivity index (χ4v) is 1.97. The first-order chi connectivity index (χ1) is 5.86. The zero-order valence-corrected chi connectivity index (χ0v) is 6.53. The molecule has 0 radical (unpaired) electrons. The molecule has 1 aromatic rings. The van der Waals surface area contributed by atoms with E-state index in [9.17, 15) is 0 Å². The van der Waals surface area contributed by atoms with Crippen LogP contribution in [0, 0.1) is 0 Å². The molecule has 2 aliphatic rings. The molecule has 0 saturated carbocycles. The zero-order chi connectivity index (χ0) is 8.13. The zero-order valence-electron chi connectivity index (χ0n) is 6.53. The lowest BCUT2D eigenvalue weighted by Crippen LogP contribution is -1.98. The molecule has 60 valence electrons. The van der Waals surface area contributed by atoms with Crippen LogP contribution in [0.5, 0.6) is 0 Å². The quantitative estimate of drug-likeness (QED) is 0.464. The number of hydrogen-bond donors (Lipinski definition) is 1. The minimum absolute atomic E-state index is 0.117. The summed E-state index contributed by atoms with van der Waals surface area (Å²) in [4.78, 5) is 0. The highest BCUT2D eigenvalue weighted by Gasteiger charge is 2.34. The van der Waals surface area contributed by atoms with Gasteiger partial charge in [-0.25, -0.2) is 0 Å². The van der Waals surface area contributed by atoms with Crippen LogP contribution in [0.2, 0.25) is 0 Å². The van der Waals surface area contributed by atoms with Crippen LogP contribution in [0.15, 0.2) is 30.4 Å². The van der Waals surface area contributed by atoms with Gasteiger partial charge in [-0.15, -0.1) is 0 Å². The predicted octanol–water partition coefficient (Wildman–Crippen LogP) is 1.95. The minimum Gasteiger partial charge on any atom is -0.398 e. The van der Waals surface area contributed by atoms with Gasteiger partial charge in [0, 0.05) is 11.3 Å². The number of hydrogen-bond acceptors (Lipinski definition) is 2. The van der Waals surface area contributed by atoms with Gasteiger partial charge >= 0.3 is 0 Å². The van der Waals surface area contributed by atoms with E-state index in [2.05, 4.69) is 18.2 Å². The van der Waals surface area contributed by atoms with Crippen molar-refractivity contribution in [1.82, 2.24) is 0 Å². The summed E-state index contributed by atoms with van der Waals surface area (Å²) < 4.78 is 5.63. The van der Waals surface area contributed by atoms with Gasteiger partial charge in [-0.05, 0) is 11.6 Å². The maximum atomic E-state index is 5.84. The van der Waals surface area contributed by atoms with Crippen LogP contribution >= 0.6 is 0 Å². The Labute approximate surface area is 70.6 Å². The molecule has 2 bridgehead atoms. The minimum atomic E-state index is 0.117. The SMILES string of the molecule is Nc1cccc2c1[C@H]1C=C[C@@H]2O1. The Kier molecular flexibility index (Phi) is 0.991. The number of rotatable bonds is 0. The van der Waals surface area contributed by atoms with E-state index in [0.29, 0.717) is 0 Å². The highest BCUT2D eigenvalue weighted by molar-refractivity contribution is 5.58. The summed E-state index contributed by atoms with van der Waals surface area (Å²) in [5, 5.41) is 0. The second kappa shape index (κ2) is 1.90. The molecule has 0 aromatic heterocycles. The van der Waals surface area contributed by atoms with Crippen molar-refractivity contribution in [3.05, 3.63) is 41.5 Å². The van der Waals surface area contributed by atoms with E-state index in [1.165, 1.54) is 11.1 Å². The number of nitrogen functional groups attached to an aromatic ring is 1. The van der Waals surface area contributed by atoms with E-state index in [4.69, 9.17) is 10.5 Å². The topological polar surface area (TPSA) is 35.2 Å². The van der Waals surface area contributed by atoms with Crippen LogP contribution in [-0.2, 0) is 4.74 Å². The van der Waals surface area contributed by atoms with Gasteiger partial charge in [-0.2, -0.15) is 0 Å². The van der Waals surface area contributed by atoms with Crippen LogP contribution in [0.25, 0.3) is 0 Å². The van der Waals surface area contributed by atoms with E-state index in [0.717, 1.165) is 5.69 Å². The van der Waals surface area contributed by atoms with Crippen LogP contribution < -0.4 is 5.73 Å². The van der Waals surface area contributed by atoms with Crippen molar-refractivity contribution in [2.45, 2.75) is 12.2 Å². The van der Waals surface area contributed by atoms with Gasteiger partial charge in [-0.1, -0.05) is 24.3 Å². The maximum Gasteiger partial charge on any atom is 0.104 e. The molecular weight excluding hydrogens is 150 g/mol. The van der Waals surface area contributed by atoms with Crippen LogP contribution in [0.4, 0.5) is 5.69 Å². The van der Waals surface area contributed by atoms with Gasteiger partial charge in [0.2, 0.25) is 0 Å². The van der Waals surface area contributed by atoms with Gasteiger partial charge in [0.15, 0.2) is 0 Å². The van der Waals surface area contributed by atoms with Crippen molar-refractivity contribution >= 4 is 5.69 Å². The van der Waals surface area contributed by atoms with E-state index in [-0.39, 0.29) is 12.2 Å².